The van der Waals surface area contributed by atoms with Crippen molar-refractivity contribution in [3.63, 3.8) is 0 Å². The Kier molecular flexibility index (Phi) is 6.40. The maximum absolute atomic E-state index is 11.2. The number of amides is 1. The van der Waals surface area contributed by atoms with Crippen LogP contribution in [0.3, 0.4) is 0 Å². The molecule has 0 spiro atoms. The van der Waals surface area contributed by atoms with E-state index >= 15 is 0 Å². The number of carbonyl (C=O) groups is 2. The summed E-state index contributed by atoms with van der Waals surface area (Å²) in [6.45, 7) is 3.63. The lowest BCUT2D eigenvalue weighted by atomic mass is 10.3. The average molecular weight is 205 g/mol. The van der Waals surface area contributed by atoms with Gasteiger partial charge in [-0.25, -0.2) is 4.79 Å². The molecule has 0 aromatic heterocycles. The summed E-state index contributed by atoms with van der Waals surface area (Å²) in [5, 5.41) is 2.45. The van der Waals surface area contributed by atoms with Crippen LogP contribution in [0.15, 0.2) is 0 Å². The van der Waals surface area contributed by atoms with Crippen LogP contribution in [0.5, 0.6) is 0 Å². The second kappa shape index (κ2) is 6.77. The average Bonchev–Trinajstić information content (AvgIpc) is 2.09. The van der Waals surface area contributed by atoms with Crippen LogP contribution in [-0.2, 0) is 14.3 Å². The standard InChI is InChI=1S/C8H15NO3S/c1-3-4-12-8(11)7(5-13)9-6(2)10/h7,13H,3-5H2,1-2H3,(H,9,10). The van der Waals surface area contributed by atoms with E-state index in [1.807, 2.05) is 6.92 Å². The zero-order valence-electron chi connectivity index (χ0n) is 7.87. The number of esters is 1. The van der Waals surface area contributed by atoms with Gasteiger partial charge in [-0.05, 0) is 6.42 Å². The van der Waals surface area contributed by atoms with Gasteiger partial charge in [0.15, 0.2) is 0 Å². The number of rotatable bonds is 5. The largest absolute Gasteiger partial charge is 0.464 e. The Morgan fingerprint density at radius 2 is 2.15 bits per heavy atom. The fourth-order valence-corrected chi connectivity index (χ4v) is 0.968. The van der Waals surface area contributed by atoms with Crippen LogP contribution in [0.4, 0.5) is 0 Å². The van der Waals surface area contributed by atoms with E-state index in [0.717, 1.165) is 6.42 Å². The highest BCUT2D eigenvalue weighted by Crippen LogP contribution is 1.93. The maximum atomic E-state index is 11.2. The minimum Gasteiger partial charge on any atom is -0.464 e. The Morgan fingerprint density at radius 3 is 2.54 bits per heavy atom. The Morgan fingerprint density at radius 1 is 1.54 bits per heavy atom. The Bertz CT molecular complexity index is 184. The van der Waals surface area contributed by atoms with Gasteiger partial charge in [-0.3, -0.25) is 4.79 Å². The molecule has 0 saturated heterocycles. The Labute approximate surface area is 83.4 Å². The molecule has 0 aromatic carbocycles. The summed E-state index contributed by atoms with van der Waals surface area (Å²) in [5.74, 6) is -0.429. The van der Waals surface area contributed by atoms with Crippen molar-refractivity contribution in [3.05, 3.63) is 0 Å². The predicted molar refractivity (Wildman–Crippen MR) is 52.7 cm³/mol. The molecule has 0 aliphatic carbocycles. The molecule has 0 saturated carbocycles. The van der Waals surface area contributed by atoms with E-state index in [4.69, 9.17) is 4.74 Å². The molecule has 0 aliphatic heterocycles. The van der Waals surface area contributed by atoms with Crippen molar-refractivity contribution in [1.82, 2.24) is 5.32 Å². The molecular weight excluding hydrogens is 190 g/mol. The van der Waals surface area contributed by atoms with Crippen LogP contribution >= 0.6 is 12.6 Å². The summed E-state index contributed by atoms with van der Waals surface area (Å²) in [7, 11) is 0. The zero-order chi connectivity index (χ0) is 10.3. The van der Waals surface area contributed by atoms with Crippen LogP contribution in [0.2, 0.25) is 0 Å². The molecule has 1 amide bonds. The molecule has 4 nitrogen and oxygen atoms in total. The first-order chi connectivity index (χ1) is 6.11. The minimum absolute atomic E-state index is 0.252. The molecule has 0 fully saturated rings. The summed E-state index contributed by atoms with van der Waals surface area (Å²) < 4.78 is 4.84. The highest BCUT2D eigenvalue weighted by molar-refractivity contribution is 7.80. The lowest BCUT2D eigenvalue weighted by Crippen LogP contribution is -2.42. The van der Waals surface area contributed by atoms with E-state index in [1.165, 1.54) is 6.92 Å². The summed E-state index contributed by atoms with van der Waals surface area (Å²) >= 11 is 3.94. The second-order valence-corrected chi connectivity index (χ2v) is 2.97. The molecule has 1 atom stereocenters. The normalized spacial score (nSPS) is 11.9. The van der Waals surface area contributed by atoms with Gasteiger partial charge in [0.2, 0.25) is 5.91 Å². The third kappa shape index (κ3) is 5.52. The first kappa shape index (κ1) is 12.3. The smallest absolute Gasteiger partial charge is 0.329 e. The number of ether oxygens (including phenoxy) is 1. The molecule has 1 unspecified atom stereocenters. The summed E-state index contributed by atoms with van der Waals surface area (Å²) in [6, 6.07) is -0.632. The van der Waals surface area contributed by atoms with Gasteiger partial charge in [0.25, 0.3) is 0 Å². The lowest BCUT2D eigenvalue weighted by Gasteiger charge is -2.13. The van der Waals surface area contributed by atoms with Crippen LogP contribution in [0.25, 0.3) is 0 Å². The van der Waals surface area contributed by atoms with Crippen LogP contribution in [0.1, 0.15) is 20.3 Å². The quantitative estimate of drug-likeness (QED) is 0.504. The van der Waals surface area contributed by atoms with Gasteiger partial charge >= 0.3 is 5.97 Å². The molecule has 0 bridgehead atoms. The SMILES string of the molecule is CCCOC(=O)C(CS)NC(C)=O. The summed E-state index contributed by atoms with van der Waals surface area (Å²) in [5.41, 5.74) is 0. The van der Waals surface area contributed by atoms with E-state index in [1.54, 1.807) is 0 Å². The first-order valence-electron chi connectivity index (χ1n) is 4.16. The minimum atomic E-state index is -0.632. The third-order valence-corrected chi connectivity index (χ3v) is 1.66. The van der Waals surface area contributed by atoms with Gasteiger partial charge in [0, 0.05) is 12.7 Å². The number of hydrogen-bond acceptors (Lipinski definition) is 4. The number of hydrogen-bond donors (Lipinski definition) is 2. The van der Waals surface area contributed by atoms with Gasteiger partial charge in [0.05, 0.1) is 6.61 Å². The van der Waals surface area contributed by atoms with Gasteiger partial charge in [-0.15, -0.1) is 0 Å². The number of thiol groups is 1. The molecular formula is C8H15NO3S. The topological polar surface area (TPSA) is 55.4 Å². The monoisotopic (exact) mass is 205 g/mol. The van der Waals surface area contributed by atoms with Crippen molar-refractivity contribution in [3.8, 4) is 0 Å². The fourth-order valence-electron chi connectivity index (χ4n) is 0.728. The van der Waals surface area contributed by atoms with Crippen molar-refractivity contribution in [2.45, 2.75) is 26.3 Å². The van der Waals surface area contributed by atoms with Crippen molar-refractivity contribution >= 4 is 24.5 Å². The van der Waals surface area contributed by atoms with Crippen molar-refractivity contribution < 1.29 is 14.3 Å². The van der Waals surface area contributed by atoms with E-state index in [2.05, 4.69) is 17.9 Å². The molecule has 76 valence electrons. The van der Waals surface area contributed by atoms with Gasteiger partial charge < -0.3 is 10.1 Å². The first-order valence-corrected chi connectivity index (χ1v) is 4.79. The van der Waals surface area contributed by atoms with Gasteiger partial charge in [-0.1, -0.05) is 6.92 Å². The van der Waals surface area contributed by atoms with E-state index in [9.17, 15) is 9.59 Å². The fraction of sp³-hybridized carbons (Fsp3) is 0.750. The van der Waals surface area contributed by atoms with Crippen LogP contribution < -0.4 is 5.32 Å². The van der Waals surface area contributed by atoms with Gasteiger partial charge in [-0.2, -0.15) is 12.6 Å². The second-order valence-electron chi connectivity index (χ2n) is 2.60. The van der Waals surface area contributed by atoms with Crippen LogP contribution in [-0.4, -0.2) is 30.3 Å². The molecule has 0 radical (unpaired) electrons. The van der Waals surface area contributed by atoms with Crippen molar-refractivity contribution in [2.75, 3.05) is 12.4 Å². The Hall–Kier alpha value is -0.710. The van der Waals surface area contributed by atoms with Crippen molar-refractivity contribution in [1.29, 1.82) is 0 Å². The predicted octanol–water partition coefficient (Wildman–Crippen LogP) is 0.374. The van der Waals surface area contributed by atoms with E-state index in [0.29, 0.717) is 6.61 Å². The highest BCUT2D eigenvalue weighted by Gasteiger charge is 2.18. The molecule has 1 N–H and O–H groups in total. The third-order valence-electron chi connectivity index (χ3n) is 1.29. The van der Waals surface area contributed by atoms with E-state index < -0.39 is 12.0 Å². The lowest BCUT2D eigenvalue weighted by molar-refractivity contribution is -0.147. The molecule has 13 heavy (non-hydrogen) atoms. The molecule has 0 rings (SSSR count). The maximum Gasteiger partial charge on any atom is 0.329 e. The molecule has 5 heteroatoms. The van der Waals surface area contributed by atoms with Gasteiger partial charge in [0.1, 0.15) is 6.04 Å². The molecule has 0 aliphatic rings. The molecule has 0 heterocycles. The Balaban J connectivity index is 3.92. The van der Waals surface area contributed by atoms with E-state index in [-0.39, 0.29) is 11.7 Å². The number of nitrogens with one attached hydrogen (secondary N) is 1. The summed E-state index contributed by atoms with van der Waals surface area (Å²) in [4.78, 5) is 21.8. The zero-order valence-corrected chi connectivity index (χ0v) is 8.77. The highest BCUT2D eigenvalue weighted by atomic mass is 32.1. The molecule has 0 aromatic rings. The van der Waals surface area contributed by atoms with Crippen molar-refractivity contribution in [2.24, 2.45) is 0 Å². The summed E-state index contributed by atoms with van der Waals surface area (Å²) in [6.07, 6.45) is 0.769. The number of carbonyl (C=O) groups excluding carboxylic acids is 2. The van der Waals surface area contributed by atoms with Crippen LogP contribution in [0, 0.1) is 0 Å².